The summed E-state index contributed by atoms with van der Waals surface area (Å²) in [6.45, 7) is 3.89. The molecule has 0 bridgehead atoms. The van der Waals surface area contributed by atoms with E-state index in [0.717, 1.165) is 32.1 Å². The molecule has 0 aliphatic carbocycles. The second kappa shape index (κ2) is 19.0. The van der Waals surface area contributed by atoms with Crippen LogP contribution in [0, 0.1) is 16.0 Å². The van der Waals surface area contributed by atoms with Crippen LogP contribution in [0.5, 0.6) is 0 Å². The Morgan fingerprint density at radius 3 is 2.34 bits per heavy atom. The zero-order valence-electron chi connectivity index (χ0n) is 22.5. The van der Waals surface area contributed by atoms with E-state index in [1.165, 1.54) is 5.56 Å². The van der Waals surface area contributed by atoms with Crippen molar-refractivity contribution in [1.29, 1.82) is 0 Å². The third-order valence-electron chi connectivity index (χ3n) is 5.92. The van der Waals surface area contributed by atoms with Crippen LogP contribution in [0.2, 0.25) is 0 Å². The van der Waals surface area contributed by atoms with Gasteiger partial charge in [-0.3, -0.25) is 9.59 Å². The minimum Gasteiger partial charge on any atom is -0.426 e. The number of guanidine groups is 1. The first kappa shape index (κ1) is 32.8. The Balaban J connectivity index is 2.53. The van der Waals surface area contributed by atoms with Crippen LogP contribution in [0.15, 0.2) is 35.3 Å². The maximum absolute atomic E-state index is 12.9. The largest absolute Gasteiger partial charge is 0.475 e. The van der Waals surface area contributed by atoms with Gasteiger partial charge in [-0.2, -0.15) is 0 Å². The molecule has 0 saturated carbocycles. The molecular formula is C25H43BN6O6. The maximum atomic E-state index is 12.9. The Kier molecular flexibility index (Phi) is 16.4. The first-order valence-electron chi connectivity index (χ1n) is 13.3. The van der Waals surface area contributed by atoms with Gasteiger partial charge < -0.3 is 26.4 Å². The van der Waals surface area contributed by atoms with Gasteiger partial charge >= 0.3 is 7.12 Å². The van der Waals surface area contributed by atoms with Crippen LogP contribution < -0.4 is 21.8 Å². The standard InChI is InChI=1S/C25H43BN6O6/c1-19(2)18-22(26(35)36)30-24(34)21(15-11-17-28-25(27)31-32(37)38)29-23(33)16-10-5-3-4-7-12-20-13-8-6-9-14-20/h6,8-9,13-14,19,21-22,35-36H,3-5,7,10-12,15-18H2,1-2H3,(H,29,33)(H,30,34)(H3,27,28,31)/t21-,22-/m0/s1. The van der Waals surface area contributed by atoms with Gasteiger partial charge in [0.25, 0.3) is 5.96 Å². The lowest BCUT2D eigenvalue weighted by Gasteiger charge is -2.24. The smallest absolute Gasteiger partial charge is 0.426 e. The molecule has 0 aliphatic rings. The number of nitrogens with zero attached hydrogens (tertiary/aromatic N) is 2. The Hall–Kier alpha value is -3.19. The van der Waals surface area contributed by atoms with Crippen molar-refractivity contribution in [2.45, 2.75) is 90.0 Å². The van der Waals surface area contributed by atoms with Gasteiger partial charge in [0.2, 0.25) is 11.8 Å². The topological polar surface area (TPSA) is 192 Å². The van der Waals surface area contributed by atoms with Crippen LogP contribution in [0.25, 0.3) is 0 Å². The summed E-state index contributed by atoms with van der Waals surface area (Å²) >= 11 is 0. The number of aliphatic imine (C=N–C) groups is 1. The van der Waals surface area contributed by atoms with E-state index >= 15 is 0 Å². The number of nitrogens with two attached hydrogens (primary N) is 1. The van der Waals surface area contributed by atoms with Crippen molar-refractivity contribution in [3.05, 3.63) is 46.0 Å². The number of carbonyl (C=O) groups excluding carboxylic acids is 2. The lowest BCUT2D eigenvalue weighted by Crippen LogP contribution is -2.54. The van der Waals surface area contributed by atoms with Gasteiger partial charge in [0.1, 0.15) is 6.04 Å². The van der Waals surface area contributed by atoms with Crippen molar-refractivity contribution in [2.75, 3.05) is 6.54 Å². The normalized spacial score (nSPS) is 13.0. The predicted molar refractivity (Wildman–Crippen MR) is 147 cm³/mol. The van der Waals surface area contributed by atoms with Gasteiger partial charge in [0.15, 0.2) is 5.03 Å². The van der Waals surface area contributed by atoms with Crippen molar-refractivity contribution < 1.29 is 24.7 Å². The molecule has 0 unspecified atom stereocenters. The summed E-state index contributed by atoms with van der Waals surface area (Å²) in [5, 5.41) is 34.2. The molecule has 0 aromatic heterocycles. The molecule has 0 heterocycles. The van der Waals surface area contributed by atoms with E-state index in [1.54, 1.807) is 5.43 Å². The molecule has 0 fully saturated rings. The molecule has 7 N–H and O–H groups in total. The number of benzene rings is 1. The minimum absolute atomic E-state index is 0.105. The van der Waals surface area contributed by atoms with Crippen LogP contribution >= 0.6 is 0 Å². The number of rotatable bonds is 19. The van der Waals surface area contributed by atoms with Crippen molar-refractivity contribution in [2.24, 2.45) is 16.6 Å². The maximum Gasteiger partial charge on any atom is 0.475 e. The zero-order chi connectivity index (χ0) is 28.3. The summed E-state index contributed by atoms with van der Waals surface area (Å²) in [4.78, 5) is 39.7. The van der Waals surface area contributed by atoms with Crippen LogP contribution in [-0.2, 0) is 16.0 Å². The van der Waals surface area contributed by atoms with Gasteiger partial charge in [0.05, 0.1) is 5.94 Å². The highest BCUT2D eigenvalue weighted by Crippen LogP contribution is 2.11. The Morgan fingerprint density at radius 2 is 1.71 bits per heavy atom. The highest BCUT2D eigenvalue weighted by Gasteiger charge is 2.29. The number of aryl methyl sites for hydroxylation is 1. The first-order valence-corrected chi connectivity index (χ1v) is 13.3. The van der Waals surface area contributed by atoms with Crippen LogP contribution in [0.3, 0.4) is 0 Å². The number of hydrazine groups is 1. The van der Waals surface area contributed by atoms with Gasteiger partial charge in [-0.05, 0) is 50.0 Å². The van der Waals surface area contributed by atoms with E-state index in [-0.39, 0.29) is 37.2 Å². The van der Waals surface area contributed by atoms with Crippen LogP contribution in [-0.4, -0.2) is 58.5 Å². The number of nitrogens with one attached hydrogen (secondary N) is 3. The molecule has 212 valence electrons. The number of nitro groups is 1. The second-order valence-corrected chi connectivity index (χ2v) is 9.81. The van der Waals surface area contributed by atoms with E-state index in [0.29, 0.717) is 19.3 Å². The van der Waals surface area contributed by atoms with E-state index in [9.17, 15) is 29.8 Å². The molecule has 2 atom stereocenters. The molecule has 0 aliphatic heterocycles. The fourth-order valence-electron chi connectivity index (χ4n) is 4.00. The highest BCUT2D eigenvalue weighted by atomic mass is 16.7. The quantitative estimate of drug-likeness (QED) is 0.0384. The summed E-state index contributed by atoms with van der Waals surface area (Å²) in [6, 6.07) is 9.40. The Morgan fingerprint density at radius 1 is 1.05 bits per heavy atom. The minimum atomic E-state index is -1.74. The molecule has 0 saturated heterocycles. The fraction of sp³-hybridized carbons (Fsp3) is 0.640. The molecule has 2 amide bonds. The SMILES string of the molecule is CC(C)C[C@H](NC(=O)[C@H](CCCN=C(N)N[N+](=O)[O-])NC(=O)CCCCCCCc1ccccc1)B(O)O. The zero-order valence-corrected chi connectivity index (χ0v) is 22.5. The van der Waals surface area contributed by atoms with Crippen molar-refractivity contribution in [1.82, 2.24) is 16.1 Å². The summed E-state index contributed by atoms with van der Waals surface area (Å²) in [6.07, 6.45) is 6.98. The fourth-order valence-corrected chi connectivity index (χ4v) is 4.00. The molecule has 1 aromatic carbocycles. The lowest BCUT2D eigenvalue weighted by atomic mass is 9.75. The van der Waals surface area contributed by atoms with Crippen molar-refractivity contribution in [3.63, 3.8) is 0 Å². The van der Waals surface area contributed by atoms with Crippen LogP contribution in [0.1, 0.15) is 77.2 Å². The lowest BCUT2D eigenvalue weighted by molar-refractivity contribution is -0.525. The highest BCUT2D eigenvalue weighted by molar-refractivity contribution is 6.43. The van der Waals surface area contributed by atoms with E-state index in [2.05, 4.69) is 27.8 Å². The third kappa shape index (κ3) is 15.8. The molecule has 1 aromatic rings. The second-order valence-electron chi connectivity index (χ2n) is 9.81. The van der Waals surface area contributed by atoms with Crippen LogP contribution in [0.4, 0.5) is 0 Å². The number of hydrogen-bond donors (Lipinski definition) is 6. The van der Waals surface area contributed by atoms with Crippen molar-refractivity contribution >= 4 is 24.9 Å². The summed E-state index contributed by atoms with van der Waals surface area (Å²) in [5.74, 6) is -1.93. The monoisotopic (exact) mass is 534 g/mol. The number of unbranched alkanes of at least 4 members (excludes halogenated alkanes) is 4. The third-order valence-corrected chi connectivity index (χ3v) is 5.92. The first-order chi connectivity index (χ1) is 18.1. The molecule has 13 heteroatoms. The molecular weight excluding hydrogens is 491 g/mol. The Bertz CT molecular complexity index is 871. The van der Waals surface area contributed by atoms with Gasteiger partial charge in [-0.1, -0.05) is 68.9 Å². The molecule has 38 heavy (non-hydrogen) atoms. The predicted octanol–water partition coefficient (Wildman–Crippen LogP) is 1.47. The molecule has 0 radical (unpaired) electrons. The van der Waals surface area contributed by atoms with Gasteiger partial charge in [-0.15, -0.1) is 0 Å². The summed E-state index contributed by atoms with van der Waals surface area (Å²) in [5.41, 5.74) is 8.46. The molecule has 0 spiro atoms. The van der Waals surface area contributed by atoms with E-state index < -0.39 is 30.0 Å². The van der Waals surface area contributed by atoms with Gasteiger partial charge in [0, 0.05) is 13.0 Å². The van der Waals surface area contributed by atoms with Crippen molar-refractivity contribution in [3.8, 4) is 0 Å². The summed E-state index contributed by atoms with van der Waals surface area (Å²) < 4.78 is 0. The average molecular weight is 534 g/mol. The average Bonchev–Trinajstić information content (AvgIpc) is 2.84. The summed E-state index contributed by atoms with van der Waals surface area (Å²) in [7, 11) is -1.74. The van der Waals surface area contributed by atoms with E-state index in [1.807, 2.05) is 32.0 Å². The Labute approximate surface area is 225 Å². The van der Waals surface area contributed by atoms with Gasteiger partial charge in [-0.25, -0.2) is 15.1 Å². The molecule has 12 nitrogen and oxygen atoms in total. The number of amides is 2. The number of carbonyl (C=O) groups is 2. The molecule has 1 rings (SSSR count). The number of hydrogen-bond acceptors (Lipinski definition) is 7. The van der Waals surface area contributed by atoms with E-state index in [4.69, 9.17) is 5.73 Å².